The van der Waals surface area contributed by atoms with E-state index in [1.165, 1.54) is 25.8 Å². The van der Waals surface area contributed by atoms with Crippen LogP contribution in [0.2, 0.25) is 0 Å². The van der Waals surface area contributed by atoms with E-state index in [-0.39, 0.29) is 0 Å². The third kappa shape index (κ3) is 3.54. The SMILES string of the molecule is CN1CCCCC1Cc1ncc(CCCN)o1. The number of hydrogen-bond acceptors (Lipinski definition) is 4. The quantitative estimate of drug-likeness (QED) is 0.845. The molecule has 2 heterocycles. The molecule has 1 aliphatic heterocycles. The number of rotatable bonds is 5. The molecule has 1 aliphatic rings. The molecule has 0 bridgehead atoms. The first-order valence-electron chi connectivity index (χ1n) is 6.63. The van der Waals surface area contributed by atoms with Crippen molar-refractivity contribution < 1.29 is 4.42 Å². The maximum Gasteiger partial charge on any atom is 0.195 e. The van der Waals surface area contributed by atoms with Gasteiger partial charge in [-0.05, 0) is 39.4 Å². The smallest absolute Gasteiger partial charge is 0.195 e. The minimum absolute atomic E-state index is 0.602. The second-order valence-electron chi connectivity index (χ2n) is 4.95. The highest BCUT2D eigenvalue weighted by Crippen LogP contribution is 2.19. The molecule has 1 aromatic heterocycles. The number of piperidine rings is 1. The number of likely N-dealkylation sites (N-methyl/N-ethyl adjacent to an activating group) is 1. The molecule has 1 aromatic rings. The van der Waals surface area contributed by atoms with Crippen molar-refractivity contribution in [3.05, 3.63) is 17.8 Å². The minimum atomic E-state index is 0.602. The molecule has 2 rings (SSSR count). The van der Waals surface area contributed by atoms with Gasteiger partial charge in [-0.1, -0.05) is 6.42 Å². The maximum atomic E-state index is 5.74. The summed E-state index contributed by atoms with van der Waals surface area (Å²) in [5, 5.41) is 0. The Bertz CT molecular complexity index is 337. The van der Waals surface area contributed by atoms with E-state index in [1.54, 1.807) is 0 Å². The molecule has 96 valence electrons. The normalized spacial score (nSPS) is 21.9. The van der Waals surface area contributed by atoms with Crippen LogP contribution in [0.5, 0.6) is 0 Å². The highest BCUT2D eigenvalue weighted by Gasteiger charge is 2.21. The third-order valence-corrected chi connectivity index (χ3v) is 3.56. The number of aryl methyl sites for hydroxylation is 1. The van der Waals surface area contributed by atoms with Crippen LogP contribution in [0.4, 0.5) is 0 Å². The summed E-state index contributed by atoms with van der Waals surface area (Å²) in [6.07, 6.45) is 8.59. The van der Waals surface area contributed by atoms with Crippen LogP contribution in [0.3, 0.4) is 0 Å². The lowest BCUT2D eigenvalue weighted by atomic mass is 10.0. The molecule has 17 heavy (non-hydrogen) atoms. The van der Waals surface area contributed by atoms with E-state index in [2.05, 4.69) is 16.9 Å². The molecule has 0 saturated carbocycles. The zero-order chi connectivity index (χ0) is 12.1. The Hall–Kier alpha value is -0.870. The largest absolute Gasteiger partial charge is 0.446 e. The second-order valence-corrected chi connectivity index (χ2v) is 4.95. The highest BCUT2D eigenvalue weighted by molar-refractivity contribution is 4.96. The second kappa shape index (κ2) is 6.17. The van der Waals surface area contributed by atoms with Crippen LogP contribution in [0.15, 0.2) is 10.6 Å². The molecule has 2 N–H and O–H groups in total. The van der Waals surface area contributed by atoms with Crippen molar-refractivity contribution in [3.8, 4) is 0 Å². The van der Waals surface area contributed by atoms with Crippen molar-refractivity contribution in [2.75, 3.05) is 20.1 Å². The monoisotopic (exact) mass is 237 g/mol. The van der Waals surface area contributed by atoms with Crippen molar-refractivity contribution >= 4 is 0 Å². The Morgan fingerprint density at radius 2 is 2.41 bits per heavy atom. The van der Waals surface area contributed by atoms with E-state index in [9.17, 15) is 0 Å². The first-order chi connectivity index (χ1) is 8.29. The number of nitrogens with two attached hydrogens (primary N) is 1. The molecule has 0 spiro atoms. The summed E-state index contributed by atoms with van der Waals surface area (Å²) in [4.78, 5) is 6.79. The molecule has 4 heteroatoms. The average molecular weight is 237 g/mol. The van der Waals surface area contributed by atoms with Crippen molar-refractivity contribution in [3.63, 3.8) is 0 Å². The predicted molar refractivity (Wildman–Crippen MR) is 67.9 cm³/mol. The first-order valence-corrected chi connectivity index (χ1v) is 6.63. The lowest BCUT2D eigenvalue weighted by Gasteiger charge is -2.31. The lowest BCUT2D eigenvalue weighted by Crippen LogP contribution is -2.37. The van der Waals surface area contributed by atoms with E-state index in [1.807, 2.05) is 6.20 Å². The molecule has 4 nitrogen and oxygen atoms in total. The molecule has 1 atom stereocenters. The topological polar surface area (TPSA) is 55.3 Å². The zero-order valence-electron chi connectivity index (χ0n) is 10.7. The zero-order valence-corrected chi connectivity index (χ0v) is 10.7. The van der Waals surface area contributed by atoms with Gasteiger partial charge in [0.1, 0.15) is 5.76 Å². The molecule has 1 unspecified atom stereocenters. The summed E-state index contributed by atoms with van der Waals surface area (Å²) >= 11 is 0. The van der Waals surface area contributed by atoms with Gasteiger partial charge in [0.25, 0.3) is 0 Å². The molecule has 0 radical (unpaired) electrons. The van der Waals surface area contributed by atoms with Crippen molar-refractivity contribution in [2.45, 2.75) is 44.6 Å². The highest BCUT2D eigenvalue weighted by atomic mass is 16.4. The molecule has 1 saturated heterocycles. The molecule has 0 amide bonds. The van der Waals surface area contributed by atoms with Crippen LogP contribution < -0.4 is 5.73 Å². The van der Waals surface area contributed by atoms with Crippen LogP contribution in [0.25, 0.3) is 0 Å². The van der Waals surface area contributed by atoms with E-state index < -0.39 is 0 Å². The van der Waals surface area contributed by atoms with E-state index >= 15 is 0 Å². The summed E-state index contributed by atoms with van der Waals surface area (Å²) in [6.45, 7) is 1.91. The number of nitrogens with zero attached hydrogens (tertiary/aromatic N) is 2. The Balaban J connectivity index is 1.87. The number of oxazole rings is 1. The van der Waals surface area contributed by atoms with E-state index in [4.69, 9.17) is 10.2 Å². The van der Waals surface area contributed by atoms with Crippen LogP contribution in [-0.2, 0) is 12.8 Å². The van der Waals surface area contributed by atoms with Gasteiger partial charge in [-0.25, -0.2) is 4.98 Å². The lowest BCUT2D eigenvalue weighted by molar-refractivity contribution is 0.176. The Kier molecular flexibility index (Phi) is 4.57. The van der Waals surface area contributed by atoms with E-state index in [0.717, 1.165) is 30.9 Å². The third-order valence-electron chi connectivity index (χ3n) is 3.56. The van der Waals surface area contributed by atoms with Gasteiger partial charge in [-0.15, -0.1) is 0 Å². The molecular weight excluding hydrogens is 214 g/mol. The Morgan fingerprint density at radius 3 is 3.18 bits per heavy atom. The van der Waals surface area contributed by atoms with Crippen molar-refractivity contribution in [1.82, 2.24) is 9.88 Å². The fourth-order valence-electron chi connectivity index (χ4n) is 2.44. The van der Waals surface area contributed by atoms with Crippen LogP contribution in [-0.4, -0.2) is 36.1 Å². The fourth-order valence-corrected chi connectivity index (χ4v) is 2.44. The predicted octanol–water partition coefficient (Wildman–Crippen LogP) is 1.59. The summed E-state index contributed by atoms with van der Waals surface area (Å²) in [6, 6.07) is 0.602. The standard InChI is InChI=1S/C13H23N3O/c1-16-8-3-2-5-11(16)9-13-15-10-12(17-13)6-4-7-14/h10-11H,2-9,14H2,1H3. The Morgan fingerprint density at radius 1 is 1.53 bits per heavy atom. The van der Waals surface area contributed by atoms with Gasteiger partial charge < -0.3 is 15.1 Å². The summed E-state index contributed by atoms with van der Waals surface area (Å²) in [7, 11) is 2.20. The summed E-state index contributed by atoms with van der Waals surface area (Å²) in [5.74, 6) is 1.86. The molecule has 0 aromatic carbocycles. The van der Waals surface area contributed by atoms with Gasteiger partial charge in [-0.3, -0.25) is 0 Å². The molecule has 0 aliphatic carbocycles. The van der Waals surface area contributed by atoms with Crippen molar-refractivity contribution in [1.29, 1.82) is 0 Å². The Labute approximate surface area is 103 Å². The van der Waals surface area contributed by atoms with Gasteiger partial charge in [0.05, 0.1) is 6.20 Å². The molecule has 1 fully saturated rings. The first kappa shape index (κ1) is 12.6. The van der Waals surface area contributed by atoms with Gasteiger partial charge in [-0.2, -0.15) is 0 Å². The number of aromatic nitrogens is 1. The van der Waals surface area contributed by atoms with Gasteiger partial charge >= 0.3 is 0 Å². The van der Waals surface area contributed by atoms with E-state index in [0.29, 0.717) is 12.6 Å². The van der Waals surface area contributed by atoms with Gasteiger partial charge in [0, 0.05) is 18.9 Å². The average Bonchev–Trinajstić information content (AvgIpc) is 2.77. The minimum Gasteiger partial charge on any atom is -0.446 e. The van der Waals surface area contributed by atoms with Crippen LogP contribution in [0, 0.1) is 0 Å². The van der Waals surface area contributed by atoms with Gasteiger partial charge in [0.2, 0.25) is 0 Å². The fraction of sp³-hybridized carbons (Fsp3) is 0.769. The number of hydrogen-bond donors (Lipinski definition) is 1. The van der Waals surface area contributed by atoms with Crippen LogP contribution >= 0.6 is 0 Å². The summed E-state index contributed by atoms with van der Waals surface area (Å²) < 4.78 is 5.74. The summed E-state index contributed by atoms with van der Waals surface area (Å²) in [5.41, 5.74) is 5.48. The molecular formula is C13H23N3O. The number of likely N-dealkylation sites (tertiary alicyclic amines) is 1. The van der Waals surface area contributed by atoms with Crippen LogP contribution in [0.1, 0.15) is 37.3 Å². The maximum absolute atomic E-state index is 5.74. The van der Waals surface area contributed by atoms with Crippen molar-refractivity contribution in [2.24, 2.45) is 5.73 Å². The van der Waals surface area contributed by atoms with Gasteiger partial charge in [0.15, 0.2) is 5.89 Å².